The summed E-state index contributed by atoms with van der Waals surface area (Å²) < 4.78 is 1.37. The molecule has 1 aliphatic heterocycles. The summed E-state index contributed by atoms with van der Waals surface area (Å²) in [6.07, 6.45) is 6.13. The fourth-order valence-corrected chi connectivity index (χ4v) is 3.53. The zero-order valence-corrected chi connectivity index (χ0v) is 15.5. The molecular weight excluding hydrogens is 328 g/mol. The molecule has 3 rings (SSSR count). The predicted molar refractivity (Wildman–Crippen MR) is 101 cm³/mol. The second kappa shape index (κ2) is 8.27. The molecule has 0 radical (unpaired) electrons. The van der Waals surface area contributed by atoms with Crippen LogP contribution in [0.5, 0.6) is 0 Å². The van der Waals surface area contributed by atoms with Crippen LogP contribution in [-0.4, -0.2) is 45.9 Å². The van der Waals surface area contributed by atoms with E-state index in [1.165, 1.54) is 21.9 Å². The van der Waals surface area contributed by atoms with Gasteiger partial charge in [-0.2, -0.15) is 0 Å². The SMILES string of the molecule is CN(C)Cc1ccc([C@@H]2CCCCN2C(=O)Cn2cccnc2=O)cc1. The maximum absolute atomic E-state index is 12.8. The number of amides is 1. The molecule has 0 aliphatic carbocycles. The van der Waals surface area contributed by atoms with Gasteiger partial charge < -0.3 is 9.80 Å². The fraction of sp³-hybridized carbons (Fsp3) is 0.450. The van der Waals surface area contributed by atoms with Crippen LogP contribution in [0.3, 0.4) is 0 Å². The zero-order valence-electron chi connectivity index (χ0n) is 15.5. The van der Waals surface area contributed by atoms with Crippen LogP contribution in [0.2, 0.25) is 0 Å². The molecule has 1 fully saturated rings. The van der Waals surface area contributed by atoms with Gasteiger partial charge >= 0.3 is 5.69 Å². The first-order valence-corrected chi connectivity index (χ1v) is 9.09. The predicted octanol–water partition coefficient (Wildman–Crippen LogP) is 2.06. The second-order valence-electron chi connectivity index (χ2n) is 7.11. The highest BCUT2D eigenvalue weighted by Crippen LogP contribution is 2.31. The first-order chi connectivity index (χ1) is 12.5. The van der Waals surface area contributed by atoms with E-state index in [1.807, 2.05) is 4.90 Å². The number of rotatable bonds is 5. The van der Waals surface area contributed by atoms with E-state index in [4.69, 9.17) is 0 Å². The van der Waals surface area contributed by atoms with Crippen LogP contribution in [0.1, 0.15) is 36.4 Å². The van der Waals surface area contributed by atoms with E-state index in [-0.39, 0.29) is 24.2 Å². The van der Waals surface area contributed by atoms with Crippen molar-refractivity contribution in [3.05, 3.63) is 64.3 Å². The van der Waals surface area contributed by atoms with Crippen molar-refractivity contribution < 1.29 is 4.79 Å². The summed E-state index contributed by atoms with van der Waals surface area (Å²) >= 11 is 0. The lowest BCUT2D eigenvalue weighted by molar-refractivity contribution is -0.135. The van der Waals surface area contributed by atoms with E-state index >= 15 is 0 Å². The van der Waals surface area contributed by atoms with Crippen LogP contribution in [0, 0.1) is 0 Å². The normalized spacial score (nSPS) is 17.5. The maximum Gasteiger partial charge on any atom is 0.347 e. The largest absolute Gasteiger partial charge is 0.347 e. The minimum Gasteiger partial charge on any atom is -0.334 e. The summed E-state index contributed by atoms with van der Waals surface area (Å²) in [5.41, 5.74) is 2.04. The number of carbonyl (C=O) groups excluding carboxylic acids is 1. The first kappa shape index (κ1) is 18.3. The number of hydrogen-bond donors (Lipinski definition) is 0. The molecule has 2 aromatic rings. The molecule has 0 N–H and O–H groups in total. The Labute approximate surface area is 154 Å². The molecule has 0 saturated carbocycles. The monoisotopic (exact) mass is 354 g/mol. The van der Waals surface area contributed by atoms with Crippen molar-refractivity contribution in [2.75, 3.05) is 20.6 Å². The molecule has 26 heavy (non-hydrogen) atoms. The number of piperidine rings is 1. The molecule has 0 unspecified atom stereocenters. The molecule has 1 atom stereocenters. The summed E-state index contributed by atoms with van der Waals surface area (Å²) in [5.74, 6) is -0.0258. The van der Waals surface area contributed by atoms with Crippen LogP contribution in [0.4, 0.5) is 0 Å². The maximum atomic E-state index is 12.8. The zero-order chi connectivity index (χ0) is 18.5. The topological polar surface area (TPSA) is 58.4 Å². The third kappa shape index (κ3) is 4.38. The van der Waals surface area contributed by atoms with Gasteiger partial charge in [0.1, 0.15) is 6.54 Å². The molecule has 0 bridgehead atoms. The minimum absolute atomic E-state index is 0.0258. The van der Waals surface area contributed by atoms with E-state index in [9.17, 15) is 9.59 Å². The average molecular weight is 354 g/mol. The van der Waals surface area contributed by atoms with Crippen molar-refractivity contribution in [2.24, 2.45) is 0 Å². The van der Waals surface area contributed by atoms with E-state index in [0.29, 0.717) is 0 Å². The Morgan fingerprint density at radius 1 is 1.23 bits per heavy atom. The molecule has 1 aliphatic rings. The summed E-state index contributed by atoms with van der Waals surface area (Å²) in [7, 11) is 4.10. The highest BCUT2D eigenvalue weighted by molar-refractivity contribution is 5.76. The Hall–Kier alpha value is -2.47. The van der Waals surface area contributed by atoms with Crippen molar-refractivity contribution >= 4 is 5.91 Å². The van der Waals surface area contributed by atoms with Gasteiger partial charge in [0.2, 0.25) is 5.91 Å². The van der Waals surface area contributed by atoms with Gasteiger partial charge in [0, 0.05) is 25.5 Å². The molecule has 1 saturated heterocycles. The smallest absolute Gasteiger partial charge is 0.334 e. The van der Waals surface area contributed by atoms with Gasteiger partial charge in [-0.05, 0) is 50.6 Å². The van der Waals surface area contributed by atoms with E-state index in [2.05, 4.69) is 48.2 Å². The Balaban J connectivity index is 1.76. The lowest BCUT2D eigenvalue weighted by atomic mass is 9.94. The number of benzene rings is 1. The molecule has 2 heterocycles. The van der Waals surface area contributed by atoms with Crippen molar-refractivity contribution in [2.45, 2.75) is 38.4 Å². The Kier molecular flexibility index (Phi) is 5.83. The van der Waals surface area contributed by atoms with Crippen molar-refractivity contribution in [3.8, 4) is 0 Å². The van der Waals surface area contributed by atoms with E-state index < -0.39 is 0 Å². The molecule has 6 nitrogen and oxygen atoms in total. The van der Waals surface area contributed by atoms with Gasteiger partial charge in [0.05, 0.1) is 6.04 Å². The Morgan fingerprint density at radius 3 is 2.69 bits per heavy atom. The standard InChI is InChI=1S/C20H26N4O2/c1-22(2)14-16-7-9-17(10-8-16)18-6-3-4-13-24(18)19(25)15-23-12-5-11-21-20(23)26/h5,7-12,18H,3-4,6,13-15H2,1-2H3/t18-/m0/s1. The summed E-state index contributed by atoms with van der Waals surface area (Å²) in [6, 6.07) is 10.3. The van der Waals surface area contributed by atoms with E-state index in [0.717, 1.165) is 32.4 Å². The molecule has 1 amide bonds. The van der Waals surface area contributed by atoms with Crippen molar-refractivity contribution in [1.29, 1.82) is 0 Å². The van der Waals surface area contributed by atoms with Gasteiger partial charge in [0.15, 0.2) is 0 Å². The van der Waals surface area contributed by atoms with Gasteiger partial charge in [-0.3, -0.25) is 9.36 Å². The number of aromatic nitrogens is 2. The van der Waals surface area contributed by atoms with Crippen LogP contribution in [0.15, 0.2) is 47.5 Å². The van der Waals surface area contributed by atoms with Gasteiger partial charge in [-0.1, -0.05) is 24.3 Å². The van der Waals surface area contributed by atoms with Crippen LogP contribution >= 0.6 is 0 Å². The summed E-state index contributed by atoms with van der Waals surface area (Å²) in [4.78, 5) is 32.4. The van der Waals surface area contributed by atoms with Gasteiger partial charge in [-0.25, -0.2) is 9.78 Å². The lowest BCUT2D eigenvalue weighted by Gasteiger charge is -2.36. The fourth-order valence-electron chi connectivity index (χ4n) is 3.53. The van der Waals surface area contributed by atoms with Crippen LogP contribution < -0.4 is 5.69 Å². The first-order valence-electron chi connectivity index (χ1n) is 9.09. The second-order valence-corrected chi connectivity index (χ2v) is 7.11. The number of nitrogens with zero attached hydrogens (tertiary/aromatic N) is 4. The molecule has 6 heteroatoms. The highest BCUT2D eigenvalue weighted by Gasteiger charge is 2.28. The molecular formula is C20H26N4O2. The number of likely N-dealkylation sites (tertiary alicyclic amines) is 1. The van der Waals surface area contributed by atoms with Crippen molar-refractivity contribution in [3.63, 3.8) is 0 Å². The molecule has 0 spiro atoms. The molecule has 1 aromatic carbocycles. The van der Waals surface area contributed by atoms with Crippen LogP contribution in [0.25, 0.3) is 0 Å². The summed E-state index contributed by atoms with van der Waals surface area (Å²) in [6.45, 7) is 1.68. The number of carbonyl (C=O) groups is 1. The molecule has 138 valence electrons. The average Bonchev–Trinajstić information content (AvgIpc) is 2.64. The third-order valence-corrected chi connectivity index (χ3v) is 4.77. The quantitative estimate of drug-likeness (QED) is 0.825. The number of hydrogen-bond acceptors (Lipinski definition) is 4. The van der Waals surface area contributed by atoms with Crippen LogP contribution in [-0.2, 0) is 17.9 Å². The minimum atomic E-state index is -0.387. The Morgan fingerprint density at radius 2 is 2.00 bits per heavy atom. The Bertz CT molecular complexity index is 798. The third-order valence-electron chi connectivity index (χ3n) is 4.77. The van der Waals surface area contributed by atoms with Crippen molar-refractivity contribution in [1.82, 2.24) is 19.4 Å². The lowest BCUT2D eigenvalue weighted by Crippen LogP contribution is -2.41. The van der Waals surface area contributed by atoms with Gasteiger partial charge in [-0.15, -0.1) is 0 Å². The highest BCUT2D eigenvalue weighted by atomic mass is 16.2. The van der Waals surface area contributed by atoms with Gasteiger partial charge in [0.25, 0.3) is 0 Å². The molecule has 1 aromatic heterocycles. The summed E-state index contributed by atoms with van der Waals surface area (Å²) in [5, 5.41) is 0. The van der Waals surface area contributed by atoms with E-state index in [1.54, 1.807) is 12.3 Å².